The summed E-state index contributed by atoms with van der Waals surface area (Å²) < 4.78 is 5.25. The first-order valence-corrected chi connectivity index (χ1v) is 7.74. The lowest BCUT2D eigenvalue weighted by molar-refractivity contribution is 0.113. The molecule has 1 rings (SSSR count). The van der Waals surface area contributed by atoms with Crippen LogP contribution in [-0.4, -0.2) is 50.3 Å². The molecule has 1 aliphatic rings. The van der Waals surface area contributed by atoms with E-state index < -0.39 is 0 Å². The zero-order valence-corrected chi connectivity index (χ0v) is 12.6. The minimum absolute atomic E-state index is 0.689. The summed E-state index contributed by atoms with van der Waals surface area (Å²) >= 11 is 0. The Hall–Kier alpha value is -0.120. The Labute approximate surface area is 113 Å². The van der Waals surface area contributed by atoms with Gasteiger partial charge in [-0.2, -0.15) is 0 Å². The Balaban J connectivity index is 2.31. The van der Waals surface area contributed by atoms with Gasteiger partial charge >= 0.3 is 0 Å². The lowest BCUT2D eigenvalue weighted by atomic mass is 10.1. The van der Waals surface area contributed by atoms with E-state index in [9.17, 15) is 0 Å². The number of nitrogens with zero attached hydrogens (tertiary/aromatic N) is 1. The van der Waals surface area contributed by atoms with E-state index in [1.54, 1.807) is 7.11 Å². The van der Waals surface area contributed by atoms with Crippen molar-refractivity contribution in [2.24, 2.45) is 0 Å². The van der Waals surface area contributed by atoms with Gasteiger partial charge in [0.1, 0.15) is 0 Å². The minimum atomic E-state index is 0.689. The summed E-state index contributed by atoms with van der Waals surface area (Å²) in [5, 5.41) is 3.60. The normalized spacial score (nSPS) is 21.7. The molecule has 0 radical (unpaired) electrons. The van der Waals surface area contributed by atoms with Crippen molar-refractivity contribution in [2.45, 2.75) is 64.5 Å². The molecule has 0 saturated carbocycles. The standard InChI is InChI=1S/C15H32N2O/c1-4-5-6-8-14(2)17(11-12-18-3)13-15-9-7-10-16-15/h14-16H,4-13H2,1-3H3. The van der Waals surface area contributed by atoms with Crippen LogP contribution in [0.25, 0.3) is 0 Å². The molecule has 2 atom stereocenters. The molecule has 0 amide bonds. The van der Waals surface area contributed by atoms with Gasteiger partial charge in [-0.1, -0.05) is 26.2 Å². The maximum Gasteiger partial charge on any atom is 0.0589 e. The van der Waals surface area contributed by atoms with Gasteiger partial charge in [0.25, 0.3) is 0 Å². The van der Waals surface area contributed by atoms with Crippen LogP contribution in [0.2, 0.25) is 0 Å². The first kappa shape index (κ1) is 15.9. The van der Waals surface area contributed by atoms with Gasteiger partial charge in [0.2, 0.25) is 0 Å². The number of hydrogen-bond donors (Lipinski definition) is 1. The molecule has 18 heavy (non-hydrogen) atoms. The van der Waals surface area contributed by atoms with Crippen molar-refractivity contribution < 1.29 is 4.74 Å². The van der Waals surface area contributed by atoms with E-state index in [2.05, 4.69) is 24.1 Å². The molecule has 1 heterocycles. The third-order valence-corrected chi connectivity index (χ3v) is 4.05. The van der Waals surface area contributed by atoms with Crippen LogP contribution < -0.4 is 5.32 Å². The first-order chi connectivity index (χ1) is 8.77. The topological polar surface area (TPSA) is 24.5 Å². The predicted octanol–water partition coefficient (Wildman–Crippen LogP) is 2.66. The molecule has 1 N–H and O–H groups in total. The van der Waals surface area contributed by atoms with E-state index in [-0.39, 0.29) is 0 Å². The van der Waals surface area contributed by atoms with Crippen molar-refractivity contribution in [1.82, 2.24) is 10.2 Å². The van der Waals surface area contributed by atoms with Crippen molar-refractivity contribution in [1.29, 1.82) is 0 Å². The molecule has 2 unspecified atom stereocenters. The number of methoxy groups -OCH3 is 1. The average Bonchev–Trinajstić information content (AvgIpc) is 2.87. The molecule has 0 aromatic carbocycles. The van der Waals surface area contributed by atoms with Crippen LogP contribution in [0.1, 0.15) is 52.4 Å². The van der Waals surface area contributed by atoms with Crippen LogP contribution in [0.15, 0.2) is 0 Å². The van der Waals surface area contributed by atoms with Crippen LogP contribution in [-0.2, 0) is 4.74 Å². The highest BCUT2D eigenvalue weighted by Gasteiger charge is 2.20. The number of nitrogens with one attached hydrogen (secondary N) is 1. The smallest absolute Gasteiger partial charge is 0.0589 e. The number of ether oxygens (including phenoxy) is 1. The van der Waals surface area contributed by atoms with Gasteiger partial charge in [0.15, 0.2) is 0 Å². The zero-order chi connectivity index (χ0) is 13.2. The third kappa shape index (κ3) is 6.17. The Morgan fingerprint density at radius 2 is 2.22 bits per heavy atom. The third-order valence-electron chi connectivity index (χ3n) is 4.05. The second-order valence-corrected chi connectivity index (χ2v) is 5.63. The summed E-state index contributed by atoms with van der Waals surface area (Å²) in [7, 11) is 1.80. The van der Waals surface area contributed by atoms with Crippen LogP contribution in [0.5, 0.6) is 0 Å². The maximum atomic E-state index is 5.25. The molecule has 0 aromatic heterocycles. The first-order valence-electron chi connectivity index (χ1n) is 7.74. The summed E-state index contributed by atoms with van der Waals surface area (Å²) in [6.07, 6.45) is 8.04. The zero-order valence-electron chi connectivity index (χ0n) is 12.6. The van der Waals surface area contributed by atoms with Crippen LogP contribution in [0.4, 0.5) is 0 Å². The summed E-state index contributed by atoms with van der Waals surface area (Å²) in [6, 6.07) is 1.39. The number of hydrogen-bond acceptors (Lipinski definition) is 3. The highest BCUT2D eigenvalue weighted by Crippen LogP contribution is 2.13. The summed E-state index contributed by atoms with van der Waals surface area (Å²) in [4.78, 5) is 2.61. The largest absolute Gasteiger partial charge is 0.383 e. The van der Waals surface area contributed by atoms with E-state index in [0.29, 0.717) is 12.1 Å². The van der Waals surface area contributed by atoms with Gasteiger partial charge in [-0.15, -0.1) is 0 Å². The fourth-order valence-electron chi connectivity index (χ4n) is 2.77. The second kappa shape index (κ2) is 9.76. The van der Waals surface area contributed by atoms with E-state index in [1.807, 2.05) is 0 Å². The predicted molar refractivity (Wildman–Crippen MR) is 78.1 cm³/mol. The molecule has 3 heteroatoms. The molecule has 3 nitrogen and oxygen atoms in total. The van der Waals surface area contributed by atoms with Crippen LogP contribution in [0, 0.1) is 0 Å². The molecule has 1 saturated heterocycles. The molecular weight excluding hydrogens is 224 g/mol. The number of rotatable bonds is 10. The lowest BCUT2D eigenvalue weighted by Gasteiger charge is -2.31. The number of unbranched alkanes of at least 4 members (excludes halogenated alkanes) is 2. The van der Waals surface area contributed by atoms with Crippen molar-refractivity contribution in [3.05, 3.63) is 0 Å². The molecule has 0 aliphatic carbocycles. The Kier molecular flexibility index (Phi) is 8.64. The highest BCUT2D eigenvalue weighted by molar-refractivity contribution is 4.80. The van der Waals surface area contributed by atoms with Gasteiger partial charge in [-0.3, -0.25) is 4.90 Å². The molecule has 0 spiro atoms. The molecular formula is C15H32N2O. The molecule has 0 bridgehead atoms. The lowest BCUT2D eigenvalue weighted by Crippen LogP contribution is -2.43. The van der Waals surface area contributed by atoms with E-state index in [4.69, 9.17) is 4.74 Å². The molecule has 108 valence electrons. The van der Waals surface area contributed by atoms with Crippen molar-refractivity contribution >= 4 is 0 Å². The quantitative estimate of drug-likeness (QED) is 0.608. The SMILES string of the molecule is CCCCCC(C)N(CCOC)CC1CCCN1. The minimum Gasteiger partial charge on any atom is -0.383 e. The monoisotopic (exact) mass is 256 g/mol. The van der Waals surface area contributed by atoms with Crippen LogP contribution >= 0.6 is 0 Å². The Morgan fingerprint density at radius 1 is 1.39 bits per heavy atom. The van der Waals surface area contributed by atoms with Crippen molar-refractivity contribution in [2.75, 3.05) is 33.4 Å². The Bertz CT molecular complexity index is 193. The Morgan fingerprint density at radius 3 is 2.83 bits per heavy atom. The summed E-state index contributed by atoms with van der Waals surface area (Å²) in [5.74, 6) is 0. The fourth-order valence-corrected chi connectivity index (χ4v) is 2.77. The molecule has 1 aliphatic heterocycles. The summed E-state index contributed by atoms with van der Waals surface area (Å²) in [5.41, 5.74) is 0. The molecule has 1 fully saturated rings. The van der Waals surface area contributed by atoms with Crippen molar-refractivity contribution in [3.8, 4) is 0 Å². The average molecular weight is 256 g/mol. The van der Waals surface area contributed by atoms with E-state index in [0.717, 1.165) is 13.2 Å². The molecule has 0 aromatic rings. The van der Waals surface area contributed by atoms with E-state index >= 15 is 0 Å². The fraction of sp³-hybridized carbons (Fsp3) is 1.00. The van der Waals surface area contributed by atoms with Crippen LogP contribution in [0.3, 0.4) is 0 Å². The second-order valence-electron chi connectivity index (χ2n) is 5.63. The van der Waals surface area contributed by atoms with Gasteiger partial charge in [-0.25, -0.2) is 0 Å². The summed E-state index contributed by atoms with van der Waals surface area (Å²) in [6.45, 7) is 8.96. The maximum absolute atomic E-state index is 5.25. The van der Waals surface area contributed by atoms with Crippen molar-refractivity contribution in [3.63, 3.8) is 0 Å². The van der Waals surface area contributed by atoms with E-state index in [1.165, 1.54) is 51.6 Å². The van der Waals surface area contributed by atoms with Gasteiger partial charge in [0.05, 0.1) is 6.61 Å². The van der Waals surface area contributed by atoms with Gasteiger partial charge < -0.3 is 10.1 Å². The van der Waals surface area contributed by atoms with Gasteiger partial charge in [0, 0.05) is 32.3 Å². The van der Waals surface area contributed by atoms with Gasteiger partial charge in [-0.05, 0) is 32.7 Å². The highest BCUT2D eigenvalue weighted by atomic mass is 16.5.